The summed E-state index contributed by atoms with van der Waals surface area (Å²) >= 11 is 10.6. The van der Waals surface area contributed by atoms with Crippen LogP contribution in [0.2, 0.25) is 0 Å². The Morgan fingerprint density at radius 1 is 0.438 bits per heavy atom. The first-order valence-electron chi connectivity index (χ1n) is 30.7. The molecule has 0 bridgehead atoms. The van der Waals surface area contributed by atoms with E-state index in [0.29, 0.717) is 82.6 Å². The van der Waals surface area contributed by atoms with Crippen LogP contribution in [0.15, 0.2) is 171 Å². The lowest BCUT2D eigenvalue weighted by Gasteiger charge is -2.19. The molecule has 6 heterocycles. The van der Waals surface area contributed by atoms with Crippen LogP contribution in [0.3, 0.4) is 0 Å². The number of halogens is 3. The Morgan fingerprint density at radius 3 is 1.13 bits per heavy atom. The molecule has 0 radical (unpaired) electrons. The third-order valence-corrected chi connectivity index (χ3v) is 17.1. The molecule has 19 heteroatoms. The highest BCUT2D eigenvalue weighted by molar-refractivity contribution is 9.11. The van der Waals surface area contributed by atoms with Crippen LogP contribution in [0, 0.1) is 11.8 Å². The van der Waals surface area contributed by atoms with Crippen molar-refractivity contribution in [2.75, 3.05) is 39.5 Å². The predicted molar refractivity (Wildman–Crippen MR) is 373 cm³/mol. The smallest absolute Gasteiger partial charge is 0.199 e. The second kappa shape index (κ2) is 30.1. The Bertz CT molecular complexity index is 3980. The number of aromatic hydroxyl groups is 3. The van der Waals surface area contributed by atoms with Crippen LogP contribution in [-0.2, 0) is 14.5 Å². The fraction of sp³-hybridized carbons (Fsp3) is 0.314. The van der Waals surface area contributed by atoms with Crippen LogP contribution >= 0.6 is 47.8 Å². The molecule has 462 valence electrons. The molecule has 0 saturated carbocycles. The first-order chi connectivity index (χ1) is 43.3. The molecule has 0 unspecified atom stereocenters. The van der Waals surface area contributed by atoms with Crippen LogP contribution in [0.1, 0.15) is 126 Å². The highest BCUT2D eigenvalue weighted by atomic mass is 79.9. The number of benzene rings is 6. The first kappa shape index (κ1) is 64.2. The monoisotopic (exact) mass is 1390 g/mol. The van der Waals surface area contributed by atoms with Gasteiger partial charge < -0.3 is 44.8 Å². The van der Waals surface area contributed by atoms with Crippen molar-refractivity contribution in [3.8, 4) is 17.6 Å². The Morgan fingerprint density at radius 2 is 0.787 bits per heavy atom. The number of hydrogen-bond acceptors (Lipinski definition) is 13. The lowest BCUT2D eigenvalue weighted by molar-refractivity contribution is 0.111. The highest BCUT2D eigenvalue weighted by Gasteiger charge is 2.32. The Kier molecular flexibility index (Phi) is 21.7. The number of rotatable bonds is 23. The van der Waals surface area contributed by atoms with Crippen molar-refractivity contribution in [2.45, 2.75) is 92.9 Å². The number of oxime groups is 3. The molecule has 12 rings (SSSR count). The van der Waals surface area contributed by atoms with Gasteiger partial charge in [-0.15, -0.1) is 0 Å². The molecule has 0 aliphatic carbocycles. The van der Waals surface area contributed by atoms with E-state index in [1.54, 1.807) is 0 Å². The molecule has 6 aromatic carbocycles. The summed E-state index contributed by atoms with van der Waals surface area (Å²) in [6.07, 6.45) is 9.00. The number of aromatic nitrogens is 3. The average molecular weight is 1390 g/mol. The standard InChI is InChI=1S/C25H28BrN3O2.C24H27BrN4O2.C21H20BrN3O2/c1-3-7-16(8-4-2)13-14-31-29-23-18-9-5-6-10-20(18)27-24(23)22-19-15-17(26)11-12-21(19)28-25(22)30;1-3-11-29(12-4-2)13-14-31-28-22-17-7-5-6-8-19(17)26-23(22)21-18-15-16(25)9-10-20(18)27-24(21)30;1-12(2)9-10-27-25-19-14-5-3-4-6-16(14)23-20(19)18-15-11-13(22)7-8-17(15)24-21(18)26/h5-6,9-12,15-16,28,30H,3-4,7-8,13-14H2,1-2H3;5-10,15,27,30H,3-4,11-14H2,1-2H3;3-8,11-12,24,26H,9-10H2,1-2H3/b29-23+;28-22+;25-19+. The van der Waals surface area contributed by atoms with Crippen LogP contribution < -0.4 is 0 Å². The van der Waals surface area contributed by atoms with Gasteiger partial charge in [0.1, 0.15) is 54.1 Å². The van der Waals surface area contributed by atoms with E-state index in [9.17, 15) is 15.3 Å². The minimum atomic E-state index is 0.0735. The molecule has 0 saturated heterocycles. The van der Waals surface area contributed by atoms with Crippen molar-refractivity contribution in [2.24, 2.45) is 42.3 Å². The van der Waals surface area contributed by atoms with Crippen molar-refractivity contribution in [3.05, 3.63) is 174 Å². The third kappa shape index (κ3) is 14.9. The molecule has 89 heavy (non-hydrogen) atoms. The lowest BCUT2D eigenvalue weighted by atomic mass is 9.95. The zero-order chi connectivity index (χ0) is 62.6. The molecule has 3 aliphatic rings. The maximum atomic E-state index is 10.7. The number of aliphatic imine (C=N–C) groups is 3. The zero-order valence-electron chi connectivity index (χ0n) is 51.0. The summed E-state index contributed by atoms with van der Waals surface area (Å²) in [6, 6.07) is 41.0. The number of hydrogen-bond donors (Lipinski definition) is 6. The maximum absolute atomic E-state index is 10.7. The van der Waals surface area contributed by atoms with Crippen LogP contribution in [0.5, 0.6) is 17.6 Å². The highest BCUT2D eigenvalue weighted by Crippen LogP contribution is 2.40. The molecular formula is C70H75Br3N10O6. The number of fused-ring (bicyclic) bond motifs is 6. The predicted octanol–water partition coefficient (Wildman–Crippen LogP) is 18.2. The topological polar surface area (TPSA) is 213 Å². The molecule has 9 aromatic rings. The van der Waals surface area contributed by atoms with Gasteiger partial charge in [0.15, 0.2) is 17.6 Å². The van der Waals surface area contributed by atoms with E-state index in [4.69, 9.17) is 29.5 Å². The summed E-state index contributed by atoms with van der Waals surface area (Å²) in [7, 11) is 0. The van der Waals surface area contributed by atoms with Crippen LogP contribution in [-0.4, -0.2) is 109 Å². The molecule has 3 aliphatic heterocycles. The average Bonchev–Trinajstić information content (AvgIpc) is 2.00. The SMILES string of the molecule is CC(C)CCO/N=C1/C(c2c(O)[nH]c3ccc(Br)cc23)=Nc2ccccc21.CCCC(CCC)CCO/N=C1/C(c2c(O)[nH]c3ccc(Br)cc23)=Nc2ccccc21.CCCN(CCC)CCO/N=C1/C(c2c(O)[nH]c3ccc(Br)cc23)=Nc2ccccc21. The van der Waals surface area contributed by atoms with E-state index < -0.39 is 0 Å². The summed E-state index contributed by atoms with van der Waals surface area (Å²) in [6.45, 7) is 17.7. The number of H-pyrrole nitrogens is 3. The largest absolute Gasteiger partial charge is 0.494 e. The minimum absolute atomic E-state index is 0.0735. The van der Waals surface area contributed by atoms with Gasteiger partial charge in [-0.1, -0.05) is 185 Å². The lowest BCUT2D eigenvalue weighted by Crippen LogP contribution is -2.29. The van der Waals surface area contributed by atoms with E-state index in [2.05, 4.69) is 125 Å². The van der Waals surface area contributed by atoms with E-state index in [0.717, 1.165) is 125 Å². The van der Waals surface area contributed by atoms with Crippen molar-refractivity contribution in [3.63, 3.8) is 0 Å². The fourth-order valence-corrected chi connectivity index (χ4v) is 12.5. The van der Waals surface area contributed by atoms with E-state index in [1.165, 1.54) is 25.7 Å². The Balaban J connectivity index is 0.000000148. The van der Waals surface area contributed by atoms with Gasteiger partial charge in [-0.2, -0.15) is 0 Å². The first-order valence-corrected chi connectivity index (χ1v) is 33.1. The summed E-state index contributed by atoms with van der Waals surface area (Å²) < 4.78 is 2.79. The van der Waals surface area contributed by atoms with Gasteiger partial charge in [-0.05, 0) is 123 Å². The van der Waals surface area contributed by atoms with E-state index in [1.807, 2.05) is 127 Å². The molecule has 0 amide bonds. The molecule has 0 atom stereocenters. The second-order valence-corrected chi connectivity index (χ2v) is 25.4. The number of aromatic amines is 3. The van der Waals surface area contributed by atoms with Gasteiger partial charge >= 0.3 is 0 Å². The third-order valence-electron chi connectivity index (χ3n) is 15.6. The summed E-state index contributed by atoms with van der Waals surface area (Å²) in [5.74, 6) is 1.45. The zero-order valence-corrected chi connectivity index (χ0v) is 55.8. The molecule has 6 N–H and O–H groups in total. The number of para-hydroxylation sites is 3. The van der Waals surface area contributed by atoms with Crippen molar-refractivity contribution < 1.29 is 29.8 Å². The van der Waals surface area contributed by atoms with Gasteiger partial charge in [0.2, 0.25) is 0 Å². The maximum Gasteiger partial charge on any atom is 0.199 e. The molecule has 0 fully saturated rings. The number of nitrogens with one attached hydrogen (secondary N) is 3. The summed E-state index contributed by atoms with van der Waals surface area (Å²) in [4.78, 5) is 43.0. The molecule has 0 spiro atoms. The van der Waals surface area contributed by atoms with Gasteiger partial charge in [0, 0.05) is 69.4 Å². The molecule has 3 aromatic heterocycles. The van der Waals surface area contributed by atoms with Crippen LogP contribution in [0.4, 0.5) is 17.1 Å². The van der Waals surface area contributed by atoms with E-state index in [-0.39, 0.29) is 17.6 Å². The van der Waals surface area contributed by atoms with Gasteiger partial charge in [0.05, 0.1) is 33.8 Å². The van der Waals surface area contributed by atoms with Gasteiger partial charge in [-0.3, -0.25) is 4.90 Å². The van der Waals surface area contributed by atoms with Gasteiger partial charge in [-0.25, -0.2) is 15.0 Å². The van der Waals surface area contributed by atoms with Crippen molar-refractivity contribution >= 4 is 132 Å². The van der Waals surface area contributed by atoms with Crippen LogP contribution in [0.25, 0.3) is 32.7 Å². The summed E-state index contributed by atoms with van der Waals surface area (Å²) in [5, 5.41) is 48.0. The fourth-order valence-electron chi connectivity index (χ4n) is 11.4. The molecular weight excluding hydrogens is 1320 g/mol. The normalized spacial score (nSPS) is 14.6. The van der Waals surface area contributed by atoms with E-state index >= 15 is 0 Å². The van der Waals surface area contributed by atoms with Crippen molar-refractivity contribution in [1.29, 1.82) is 0 Å². The van der Waals surface area contributed by atoms with Crippen molar-refractivity contribution in [1.82, 2.24) is 19.9 Å². The number of nitrogens with zero attached hydrogens (tertiary/aromatic N) is 7. The Hall–Kier alpha value is -7.84. The second-order valence-electron chi connectivity index (χ2n) is 22.6. The summed E-state index contributed by atoms with van der Waals surface area (Å²) in [5.41, 5.74) is 13.4. The van der Waals surface area contributed by atoms with Gasteiger partial charge in [0.25, 0.3) is 0 Å². The molecule has 16 nitrogen and oxygen atoms in total. The quantitative estimate of drug-likeness (QED) is 0.0269. The Labute approximate surface area is 544 Å². The minimum Gasteiger partial charge on any atom is -0.494 e.